The lowest BCUT2D eigenvalue weighted by Crippen LogP contribution is -2.34. The number of benzene rings is 2. The zero-order valence-corrected chi connectivity index (χ0v) is 16.0. The van der Waals surface area contributed by atoms with Crippen molar-refractivity contribution in [2.45, 2.75) is 13.5 Å². The van der Waals surface area contributed by atoms with Gasteiger partial charge in [-0.15, -0.1) is 0 Å². The van der Waals surface area contributed by atoms with Gasteiger partial charge in [-0.25, -0.2) is 9.59 Å². The molecular formula is C20H20N2O7. The van der Waals surface area contributed by atoms with E-state index in [2.05, 4.69) is 4.74 Å². The van der Waals surface area contributed by atoms with Gasteiger partial charge < -0.3 is 14.4 Å². The Hall–Kier alpha value is -3.75. The molecule has 0 aromatic heterocycles. The lowest BCUT2D eigenvalue weighted by atomic mass is 10.1. The highest BCUT2D eigenvalue weighted by molar-refractivity contribution is 5.97. The Morgan fingerprint density at radius 2 is 1.66 bits per heavy atom. The Morgan fingerprint density at radius 1 is 1.03 bits per heavy atom. The Morgan fingerprint density at radius 3 is 2.21 bits per heavy atom. The van der Waals surface area contributed by atoms with Crippen molar-refractivity contribution < 1.29 is 28.8 Å². The number of esters is 2. The Bertz CT molecular complexity index is 912. The number of nitro benzene ring substituents is 1. The van der Waals surface area contributed by atoms with Gasteiger partial charge in [0.1, 0.15) is 0 Å². The van der Waals surface area contributed by atoms with E-state index in [0.29, 0.717) is 13.1 Å². The summed E-state index contributed by atoms with van der Waals surface area (Å²) in [5, 5.41) is 11.0. The fraction of sp³-hybridized carbons (Fsp3) is 0.250. The number of carbonyl (C=O) groups excluding carboxylic acids is 3. The van der Waals surface area contributed by atoms with Crippen LogP contribution in [0.5, 0.6) is 0 Å². The van der Waals surface area contributed by atoms with Crippen LogP contribution < -0.4 is 0 Å². The highest BCUT2D eigenvalue weighted by atomic mass is 16.6. The van der Waals surface area contributed by atoms with Gasteiger partial charge >= 0.3 is 11.9 Å². The third-order valence-corrected chi connectivity index (χ3v) is 4.06. The maximum atomic E-state index is 12.4. The monoisotopic (exact) mass is 400 g/mol. The number of nitro groups is 1. The van der Waals surface area contributed by atoms with Crippen LogP contribution in [0, 0.1) is 10.1 Å². The molecule has 2 aromatic carbocycles. The fourth-order valence-corrected chi connectivity index (χ4v) is 2.55. The zero-order chi connectivity index (χ0) is 21.4. The van der Waals surface area contributed by atoms with Gasteiger partial charge in [-0.2, -0.15) is 0 Å². The first-order valence-corrected chi connectivity index (χ1v) is 8.72. The second-order valence-electron chi connectivity index (χ2n) is 5.99. The maximum absolute atomic E-state index is 12.4. The van der Waals surface area contributed by atoms with E-state index in [-0.39, 0.29) is 11.1 Å². The summed E-state index contributed by atoms with van der Waals surface area (Å²) in [5.74, 6) is -2.20. The van der Waals surface area contributed by atoms with E-state index in [1.165, 1.54) is 4.90 Å². The zero-order valence-electron chi connectivity index (χ0n) is 16.0. The number of hydrogen-bond acceptors (Lipinski definition) is 7. The topological polar surface area (TPSA) is 116 Å². The molecule has 0 atom stereocenters. The number of likely N-dealkylation sites (N-methyl/N-ethyl adjacent to an activating group) is 1. The third kappa shape index (κ3) is 5.86. The number of carbonyl (C=O) groups is 3. The third-order valence-electron chi connectivity index (χ3n) is 4.06. The van der Waals surface area contributed by atoms with E-state index >= 15 is 0 Å². The molecule has 0 N–H and O–H groups in total. The normalized spacial score (nSPS) is 10.1. The number of methoxy groups -OCH3 is 1. The van der Waals surface area contributed by atoms with Gasteiger partial charge in [-0.3, -0.25) is 14.9 Å². The summed E-state index contributed by atoms with van der Waals surface area (Å²) in [6.07, 6.45) is 0. The van der Waals surface area contributed by atoms with Crippen LogP contribution in [-0.4, -0.2) is 47.9 Å². The fourth-order valence-electron chi connectivity index (χ4n) is 2.55. The Kier molecular flexibility index (Phi) is 7.41. The molecule has 0 unspecified atom stereocenters. The van der Waals surface area contributed by atoms with Crippen molar-refractivity contribution in [1.29, 1.82) is 0 Å². The molecule has 0 aliphatic heterocycles. The summed E-state index contributed by atoms with van der Waals surface area (Å²) in [4.78, 5) is 48.2. The van der Waals surface area contributed by atoms with Gasteiger partial charge in [0.15, 0.2) is 6.61 Å². The van der Waals surface area contributed by atoms with E-state index in [9.17, 15) is 24.5 Å². The lowest BCUT2D eigenvalue weighted by Gasteiger charge is -2.20. The summed E-state index contributed by atoms with van der Waals surface area (Å²) in [5.41, 5.74) is 0.0682. The van der Waals surface area contributed by atoms with Crippen molar-refractivity contribution in [3.05, 3.63) is 75.3 Å². The number of hydrogen-bond donors (Lipinski definition) is 0. The average Bonchev–Trinajstić information content (AvgIpc) is 2.75. The van der Waals surface area contributed by atoms with E-state index in [1.807, 2.05) is 30.3 Å². The molecule has 2 rings (SSSR count). The van der Waals surface area contributed by atoms with Gasteiger partial charge in [0.25, 0.3) is 11.6 Å². The van der Waals surface area contributed by atoms with E-state index < -0.39 is 35.1 Å². The second kappa shape index (κ2) is 9.98. The van der Waals surface area contributed by atoms with Crippen LogP contribution in [0.4, 0.5) is 5.69 Å². The largest absolute Gasteiger partial charge is 0.465 e. The number of rotatable bonds is 8. The summed E-state index contributed by atoms with van der Waals surface area (Å²) in [6.45, 7) is 2.03. The first kappa shape index (κ1) is 21.5. The van der Waals surface area contributed by atoms with Gasteiger partial charge in [0, 0.05) is 25.2 Å². The van der Waals surface area contributed by atoms with Crippen LogP contribution in [0.1, 0.15) is 33.2 Å². The average molecular weight is 400 g/mol. The highest BCUT2D eigenvalue weighted by Gasteiger charge is 2.21. The van der Waals surface area contributed by atoms with Crippen LogP contribution in [0.15, 0.2) is 48.5 Å². The first-order chi connectivity index (χ1) is 13.8. The van der Waals surface area contributed by atoms with Crippen molar-refractivity contribution in [3.63, 3.8) is 0 Å². The van der Waals surface area contributed by atoms with Crippen molar-refractivity contribution in [3.8, 4) is 0 Å². The van der Waals surface area contributed by atoms with Gasteiger partial charge in [0.05, 0.1) is 23.2 Å². The molecular weight excluding hydrogens is 380 g/mol. The molecule has 2 aromatic rings. The van der Waals surface area contributed by atoms with Crippen molar-refractivity contribution in [1.82, 2.24) is 4.90 Å². The van der Waals surface area contributed by atoms with Crippen LogP contribution in [0.2, 0.25) is 0 Å². The molecule has 9 heteroatoms. The molecule has 0 fully saturated rings. The number of non-ortho nitro benzene ring substituents is 1. The van der Waals surface area contributed by atoms with Crippen LogP contribution in [0.3, 0.4) is 0 Å². The number of amides is 1. The smallest absolute Gasteiger partial charge is 0.338 e. The second-order valence-corrected chi connectivity index (χ2v) is 5.99. The van der Waals surface area contributed by atoms with Gasteiger partial charge in [-0.1, -0.05) is 30.3 Å². The molecule has 0 saturated carbocycles. The minimum atomic E-state index is -0.956. The lowest BCUT2D eigenvalue weighted by molar-refractivity contribution is -0.384. The molecule has 1 amide bonds. The molecule has 0 saturated heterocycles. The summed E-state index contributed by atoms with van der Waals surface area (Å²) >= 11 is 0. The molecule has 0 bridgehead atoms. The first-order valence-electron chi connectivity index (χ1n) is 8.72. The van der Waals surface area contributed by atoms with E-state index in [1.54, 1.807) is 6.92 Å². The molecule has 0 heterocycles. The maximum Gasteiger partial charge on any atom is 0.338 e. The quantitative estimate of drug-likeness (QED) is 0.380. The van der Waals surface area contributed by atoms with Crippen LogP contribution >= 0.6 is 0 Å². The highest BCUT2D eigenvalue weighted by Crippen LogP contribution is 2.19. The molecule has 9 nitrogen and oxygen atoms in total. The van der Waals surface area contributed by atoms with Crippen molar-refractivity contribution in [2.24, 2.45) is 0 Å². The number of ether oxygens (including phenoxy) is 2. The molecule has 29 heavy (non-hydrogen) atoms. The summed E-state index contributed by atoms with van der Waals surface area (Å²) in [7, 11) is 1.11. The molecule has 0 aliphatic rings. The van der Waals surface area contributed by atoms with Crippen molar-refractivity contribution in [2.75, 3.05) is 20.3 Å². The minimum absolute atomic E-state index is 0.167. The Labute approximate surface area is 167 Å². The Balaban J connectivity index is 2.09. The molecule has 0 radical (unpaired) electrons. The summed E-state index contributed by atoms with van der Waals surface area (Å²) < 4.78 is 9.54. The van der Waals surface area contributed by atoms with Crippen LogP contribution in [-0.2, 0) is 20.8 Å². The predicted octanol–water partition coefficient (Wildman–Crippen LogP) is 2.59. The molecule has 0 spiro atoms. The molecule has 0 aliphatic carbocycles. The van der Waals surface area contributed by atoms with Gasteiger partial charge in [-0.05, 0) is 18.6 Å². The molecule has 152 valence electrons. The van der Waals surface area contributed by atoms with Gasteiger partial charge in [0.2, 0.25) is 0 Å². The standard InChI is InChI=1S/C20H20N2O7/c1-3-21(12-14-7-5-4-6-8-14)18(23)13-29-20(25)16-9-15(19(24)28-2)10-17(11-16)22(26)27/h4-11H,3,12-13H2,1-2H3. The van der Waals surface area contributed by atoms with Crippen molar-refractivity contribution >= 4 is 23.5 Å². The van der Waals surface area contributed by atoms with Crippen LogP contribution in [0.25, 0.3) is 0 Å². The predicted molar refractivity (Wildman–Crippen MR) is 102 cm³/mol. The number of nitrogens with zero attached hydrogens (tertiary/aromatic N) is 2. The minimum Gasteiger partial charge on any atom is -0.465 e. The summed E-state index contributed by atoms with van der Waals surface area (Å²) in [6, 6.07) is 12.4. The van der Waals surface area contributed by atoms with E-state index in [4.69, 9.17) is 4.74 Å². The van der Waals surface area contributed by atoms with E-state index in [0.717, 1.165) is 30.9 Å². The SMILES string of the molecule is CCN(Cc1ccccc1)C(=O)COC(=O)c1cc(C(=O)OC)cc([N+](=O)[O-])c1.